The Hall–Kier alpha value is -4.02. The van der Waals surface area contributed by atoms with Crippen molar-refractivity contribution in [3.8, 4) is 17.0 Å². The smallest absolute Gasteiger partial charge is 0.407 e. The lowest BCUT2D eigenvalue weighted by molar-refractivity contribution is -0.143. The highest BCUT2D eigenvalue weighted by molar-refractivity contribution is 5.70. The van der Waals surface area contributed by atoms with E-state index in [4.69, 9.17) is 9.47 Å². The third kappa shape index (κ3) is 6.60. The summed E-state index contributed by atoms with van der Waals surface area (Å²) in [6.07, 6.45) is 3.46. The minimum Gasteiger partial charge on any atom is -0.489 e. The number of ether oxygens (including phenoxy) is 2. The van der Waals surface area contributed by atoms with E-state index < -0.39 is 29.6 Å². The number of hydrogen-bond donors (Lipinski definition) is 2. The number of aryl methyl sites for hydroxylation is 2. The summed E-state index contributed by atoms with van der Waals surface area (Å²) < 4.78 is 39.4. The molecule has 4 rings (SSSR count). The normalized spacial score (nSPS) is 17.3. The second-order valence-electron chi connectivity index (χ2n) is 9.06. The van der Waals surface area contributed by atoms with Crippen LogP contribution in [0.1, 0.15) is 42.6 Å². The monoisotopic (exact) mass is 514 g/mol. The predicted molar refractivity (Wildman–Crippen MR) is 129 cm³/mol. The van der Waals surface area contributed by atoms with Gasteiger partial charge in [0.2, 0.25) is 0 Å². The number of rotatable bonds is 8. The van der Waals surface area contributed by atoms with E-state index in [1.54, 1.807) is 30.1 Å². The van der Waals surface area contributed by atoms with Crippen LogP contribution in [0.15, 0.2) is 36.5 Å². The number of nitrogens with one attached hydrogen (secondary N) is 1. The molecule has 2 heterocycles. The Balaban J connectivity index is 1.38. The Morgan fingerprint density at radius 1 is 1.19 bits per heavy atom. The molecule has 2 aromatic heterocycles. The number of halogens is 2. The summed E-state index contributed by atoms with van der Waals surface area (Å²) in [5.41, 5.74) is 2.85. The van der Waals surface area contributed by atoms with E-state index in [2.05, 4.69) is 15.4 Å². The van der Waals surface area contributed by atoms with E-state index in [1.165, 1.54) is 0 Å². The molecule has 1 aromatic carbocycles. The molecule has 2 N–H and O–H groups in total. The largest absolute Gasteiger partial charge is 0.489 e. The molecule has 196 valence electrons. The molecule has 1 fully saturated rings. The number of benzene rings is 1. The van der Waals surface area contributed by atoms with Crippen LogP contribution < -0.4 is 10.1 Å². The van der Waals surface area contributed by atoms with Gasteiger partial charge < -0.3 is 19.9 Å². The Bertz CT molecular complexity index is 1280. The molecule has 2 atom stereocenters. The lowest BCUT2D eigenvalue weighted by Gasteiger charge is -2.27. The molecule has 0 radical (unpaired) electrons. The average Bonchev–Trinajstić information content (AvgIpc) is 3.22. The summed E-state index contributed by atoms with van der Waals surface area (Å²) in [4.78, 5) is 28.2. The van der Waals surface area contributed by atoms with Gasteiger partial charge in [0, 0.05) is 18.7 Å². The number of alkyl carbamates (subject to hydrolysis) is 1. The Morgan fingerprint density at radius 3 is 2.65 bits per heavy atom. The molecule has 0 saturated heterocycles. The third-order valence-corrected chi connectivity index (χ3v) is 6.34. The number of carbonyl (C=O) groups excluding carboxylic acids is 1. The SMILES string of the molecule is Cc1nc(-c2cnn(C)c2CNC(=O)OCc2cc(F)cc(F)c2)ccc1O[C@H]1CCC[C@H](C(=O)O)C1. The molecule has 0 spiro atoms. The van der Waals surface area contributed by atoms with Crippen molar-refractivity contribution in [2.24, 2.45) is 13.0 Å². The highest BCUT2D eigenvalue weighted by Gasteiger charge is 2.28. The van der Waals surface area contributed by atoms with Crippen LogP contribution in [0.2, 0.25) is 0 Å². The van der Waals surface area contributed by atoms with Gasteiger partial charge in [-0.05, 0) is 62.4 Å². The molecular formula is C26H28F2N4O5. The molecule has 1 aliphatic rings. The van der Waals surface area contributed by atoms with Crippen LogP contribution in [-0.4, -0.2) is 38.0 Å². The van der Waals surface area contributed by atoms with Crippen molar-refractivity contribution >= 4 is 12.1 Å². The first-order valence-electron chi connectivity index (χ1n) is 11.9. The molecule has 1 saturated carbocycles. The fraction of sp³-hybridized carbons (Fsp3) is 0.385. The number of aromatic nitrogens is 3. The first-order valence-corrected chi connectivity index (χ1v) is 11.9. The Kier molecular flexibility index (Phi) is 8.00. The number of carbonyl (C=O) groups is 2. The highest BCUT2D eigenvalue weighted by Crippen LogP contribution is 2.31. The van der Waals surface area contributed by atoms with Crippen LogP contribution in [-0.2, 0) is 29.7 Å². The molecule has 1 amide bonds. The summed E-state index contributed by atoms with van der Waals surface area (Å²) in [7, 11) is 1.73. The minimum absolute atomic E-state index is 0.0831. The standard InChI is InChI=1S/C26H28F2N4O5/c1-15-24(37-20-5-3-4-17(10-20)25(33)34)7-6-22(31-15)21-12-30-32(2)23(21)13-29-26(35)36-14-16-8-18(27)11-19(28)9-16/h6-9,11-12,17,20H,3-5,10,13-14H2,1-2H3,(H,29,35)(H,33,34)/t17-,20-/m0/s1. The fourth-order valence-electron chi connectivity index (χ4n) is 4.42. The van der Waals surface area contributed by atoms with Crippen molar-refractivity contribution < 1.29 is 33.0 Å². The highest BCUT2D eigenvalue weighted by atomic mass is 19.1. The predicted octanol–water partition coefficient (Wildman–Crippen LogP) is 4.52. The zero-order valence-corrected chi connectivity index (χ0v) is 20.5. The molecule has 0 aliphatic heterocycles. The maximum absolute atomic E-state index is 13.3. The summed E-state index contributed by atoms with van der Waals surface area (Å²) in [5, 5.41) is 16.2. The van der Waals surface area contributed by atoms with Crippen molar-refractivity contribution in [1.82, 2.24) is 20.1 Å². The van der Waals surface area contributed by atoms with E-state index in [1.807, 2.05) is 6.92 Å². The first kappa shape index (κ1) is 26.1. The number of carboxylic acids is 1. The summed E-state index contributed by atoms with van der Waals surface area (Å²) in [6.45, 7) is 1.62. The van der Waals surface area contributed by atoms with Crippen LogP contribution in [0, 0.1) is 24.5 Å². The van der Waals surface area contributed by atoms with Gasteiger partial charge in [-0.15, -0.1) is 0 Å². The van der Waals surface area contributed by atoms with E-state index in [9.17, 15) is 23.5 Å². The van der Waals surface area contributed by atoms with Gasteiger partial charge in [-0.1, -0.05) is 0 Å². The third-order valence-electron chi connectivity index (χ3n) is 6.34. The lowest BCUT2D eigenvalue weighted by Crippen LogP contribution is -2.29. The molecular weight excluding hydrogens is 486 g/mol. The zero-order valence-electron chi connectivity index (χ0n) is 20.5. The maximum Gasteiger partial charge on any atom is 0.407 e. The van der Waals surface area contributed by atoms with Gasteiger partial charge in [0.15, 0.2) is 0 Å². The van der Waals surface area contributed by atoms with Gasteiger partial charge >= 0.3 is 12.1 Å². The number of carboxylic acid groups (broad SMARTS) is 1. The second-order valence-corrected chi connectivity index (χ2v) is 9.06. The van der Waals surface area contributed by atoms with Crippen molar-refractivity contribution in [3.05, 3.63) is 65.1 Å². The van der Waals surface area contributed by atoms with E-state index >= 15 is 0 Å². The Morgan fingerprint density at radius 2 is 1.95 bits per heavy atom. The summed E-state index contributed by atoms with van der Waals surface area (Å²) in [5.74, 6) is -2.08. The maximum atomic E-state index is 13.3. The van der Waals surface area contributed by atoms with Gasteiger partial charge in [0.1, 0.15) is 24.0 Å². The fourth-order valence-corrected chi connectivity index (χ4v) is 4.42. The molecule has 37 heavy (non-hydrogen) atoms. The topological polar surface area (TPSA) is 116 Å². The quantitative estimate of drug-likeness (QED) is 0.454. The summed E-state index contributed by atoms with van der Waals surface area (Å²) >= 11 is 0. The van der Waals surface area contributed by atoms with Crippen LogP contribution >= 0.6 is 0 Å². The van der Waals surface area contributed by atoms with Crippen molar-refractivity contribution in [2.45, 2.75) is 51.9 Å². The molecule has 0 unspecified atom stereocenters. The van der Waals surface area contributed by atoms with Gasteiger partial charge in [-0.25, -0.2) is 18.6 Å². The van der Waals surface area contributed by atoms with Crippen LogP contribution in [0.3, 0.4) is 0 Å². The van der Waals surface area contributed by atoms with Crippen molar-refractivity contribution in [1.29, 1.82) is 0 Å². The molecule has 9 nitrogen and oxygen atoms in total. The average molecular weight is 515 g/mol. The van der Waals surface area contributed by atoms with Crippen molar-refractivity contribution in [3.63, 3.8) is 0 Å². The van der Waals surface area contributed by atoms with Gasteiger partial charge in [0.25, 0.3) is 0 Å². The van der Waals surface area contributed by atoms with Crippen molar-refractivity contribution in [2.75, 3.05) is 0 Å². The number of hydrogen-bond acceptors (Lipinski definition) is 6. The van der Waals surface area contributed by atoms with E-state index in [0.717, 1.165) is 31.0 Å². The second kappa shape index (κ2) is 11.4. The van der Waals surface area contributed by atoms with E-state index in [-0.39, 0.29) is 24.8 Å². The number of aliphatic carboxylic acids is 1. The van der Waals surface area contributed by atoms with E-state index in [0.29, 0.717) is 41.2 Å². The Labute approximate surface area is 212 Å². The van der Waals surface area contributed by atoms with Gasteiger partial charge in [0.05, 0.1) is 41.8 Å². The number of amides is 1. The minimum atomic E-state index is -0.789. The van der Waals surface area contributed by atoms with Crippen LogP contribution in [0.5, 0.6) is 5.75 Å². The molecule has 1 aliphatic carbocycles. The van der Waals surface area contributed by atoms with Crippen LogP contribution in [0.4, 0.5) is 13.6 Å². The molecule has 0 bridgehead atoms. The number of pyridine rings is 1. The zero-order chi connectivity index (χ0) is 26.5. The molecule has 3 aromatic rings. The van der Waals surface area contributed by atoms with Gasteiger partial charge in [-0.2, -0.15) is 5.10 Å². The number of nitrogens with zero attached hydrogens (tertiary/aromatic N) is 3. The molecule has 11 heteroatoms. The lowest BCUT2D eigenvalue weighted by atomic mass is 9.87. The summed E-state index contributed by atoms with van der Waals surface area (Å²) in [6, 6.07) is 6.52. The van der Waals surface area contributed by atoms with Crippen LogP contribution in [0.25, 0.3) is 11.3 Å². The van der Waals surface area contributed by atoms with Gasteiger partial charge in [-0.3, -0.25) is 9.48 Å². The first-order chi connectivity index (χ1) is 17.7.